The van der Waals surface area contributed by atoms with Gasteiger partial charge in [0.15, 0.2) is 5.13 Å². The zero-order valence-corrected chi connectivity index (χ0v) is 13.9. The normalized spacial score (nSPS) is 9.81. The van der Waals surface area contributed by atoms with Crippen LogP contribution >= 0.6 is 33.9 Å². The van der Waals surface area contributed by atoms with Gasteiger partial charge in [-0.15, -0.1) is 11.3 Å². The van der Waals surface area contributed by atoms with Crippen molar-refractivity contribution in [1.29, 1.82) is 0 Å². The second-order valence-corrected chi connectivity index (χ2v) is 5.81. The first kappa shape index (κ1) is 15.5. The second-order valence-electron chi connectivity index (χ2n) is 3.97. The number of anilines is 3. The van der Waals surface area contributed by atoms with E-state index < -0.39 is 0 Å². The molecular weight excluding hydrogens is 405 g/mol. The first-order valence-electron chi connectivity index (χ1n) is 5.84. The van der Waals surface area contributed by atoms with Crippen molar-refractivity contribution >= 4 is 60.4 Å². The predicted octanol–water partition coefficient (Wildman–Crippen LogP) is 3.57. The van der Waals surface area contributed by atoms with E-state index in [4.69, 9.17) is 0 Å². The largest absolute Gasteiger partial charge is 0.325 e. The zero-order chi connectivity index (χ0) is 15.2. The van der Waals surface area contributed by atoms with Crippen LogP contribution in [0, 0.1) is 6.92 Å². The van der Waals surface area contributed by atoms with E-state index in [0.717, 1.165) is 5.69 Å². The van der Waals surface area contributed by atoms with Crippen LogP contribution in [0.2, 0.25) is 0 Å². The van der Waals surface area contributed by atoms with Crippen LogP contribution in [-0.4, -0.2) is 14.9 Å². The quantitative estimate of drug-likeness (QED) is 0.265. The van der Waals surface area contributed by atoms with Gasteiger partial charge in [-0.25, -0.2) is 9.78 Å². The molecule has 0 saturated heterocycles. The Kier molecular flexibility index (Phi) is 5.33. The van der Waals surface area contributed by atoms with E-state index in [2.05, 4.69) is 26.5 Å². The average molecular weight is 417 g/mol. The van der Waals surface area contributed by atoms with E-state index in [1.807, 2.05) is 12.3 Å². The minimum absolute atomic E-state index is 0.215. The van der Waals surface area contributed by atoms with Gasteiger partial charge in [-0.1, -0.05) is 0 Å². The smallest absolute Gasteiger partial charge is 0.308 e. The SMILES string of the molecule is Cc1csc(NC(=O)Nc2ccc(NNC(=O)I)cc2)n1. The number of urea groups is 1. The fourth-order valence-corrected chi connectivity index (χ4v) is 2.25. The van der Waals surface area contributed by atoms with Gasteiger partial charge >= 0.3 is 6.03 Å². The molecule has 9 heteroatoms. The summed E-state index contributed by atoms with van der Waals surface area (Å²) in [6.45, 7) is 1.86. The molecule has 0 unspecified atom stereocenters. The summed E-state index contributed by atoms with van der Waals surface area (Å²) < 4.78 is -0.215. The van der Waals surface area contributed by atoms with Gasteiger partial charge in [0.25, 0.3) is 3.91 Å². The lowest BCUT2D eigenvalue weighted by Gasteiger charge is -2.08. The average Bonchev–Trinajstić information content (AvgIpc) is 2.83. The molecule has 0 atom stereocenters. The Labute approximate surface area is 138 Å². The highest BCUT2D eigenvalue weighted by Gasteiger charge is 2.05. The second kappa shape index (κ2) is 7.22. The third-order valence-corrected chi connectivity index (χ3v) is 3.43. The summed E-state index contributed by atoms with van der Waals surface area (Å²) >= 11 is 2.99. The monoisotopic (exact) mass is 417 g/mol. The highest BCUT2D eigenvalue weighted by atomic mass is 127. The van der Waals surface area contributed by atoms with Crippen LogP contribution in [0.15, 0.2) is 29.6 Å². The van der Waals surface area contributed by atoms with E-state index in [-0.39, 0.29) is 9.95 Å². The van der Waals surface area contributed by atoms with Crippen LogP contribution in [0.5, 0.6) is 0 Å². The number of rotatable bonds is 4. The maximum absolute atomic E-state index is 11.8. The van der Waals surface area contributed by atoms with E-state index in [9.17, 15) is 9.59 Å². The molecule has 3 amide bonds. The Morgan fingerprint density at radius 3 is 2.38 bits per heavy atom. The van der Waals surface area contributed by atoms with Gasteiger partial charge in [0, 0.05) is 33.7 Å². The number of hydrazine groups is 1. The molecule has 0 aliphatic heterocycles. The van der Waals surface area contributed by atoms with Crippen LogP contribution in [0.1, 0.15) is 5.69 Å². The molecule has 21 heavy (non-hydrogen) atoms. The number of amides is 3. The molecule has 2 rings (SSSR count). The molecule has 0 aliphatic rings. The minimum Gasteiger partial charge on any atom is -0.308 e. The van der Waals surface area contributed by atoms with Crippen molar-refractivity contribution in [3.05, 3.63) is 35.3 Å². The molecular formula is C12H12IN5O2S. The number of benzene rings is 1. The Bertz CT molecular complexity index is 643. The first-order chi connectivity index (χ1) is 10.0. The van der Waals surface area contributed by atoms with Gasteiger partial charge in [-0.3, -0.25) is 21.0 Å². The zero-order valence-electron chi connectivity index (χ0n) is 10.9. The van der Waals surface area contributed by atoms with Crippen LogP contribution in [0.25, 0.3) is 0 Å². The van der Waals surface area contributed by atoms with Gasteiger partial charge in [0.1, 0.15) is 0 Å². The van der Waals surface area contributed by atoms with Crippen molar-refractivity contribution < 1.29 is 9.59 Å². The number of carbonyl (C=O) groups excluding carboxylic acids is 2. The summed E-state index contributed by atoms with van der Waals surface area (Å²) in [6.07, 6.45) is 0. The van der Waals surface area contributed by atoms with E-state index in [0.29, 0.717) is 16.5 Å². The Balaban J connectivity index is 1.87. The van der Waals surface area contributed by atoms with Gasteiger partial charge in [0.2, 0.25) is 0 Å². The summed E-state index contributed by atoms with van der Waals surface area (Å²) in [5, 5.41) is 7.75. The van der Waals surface area contributed by atoms with Crippen LogP contribution in [-0.2, 0) is 0 Å². The number of aryl methyl sites for hydroxylation is 1. The molecule has 4 N–H and O–H groups in total. The standard InChI is InChI=1S/C12H12IN5O2S/c1-7-6-21-12(14-7)16-11(20)15-8-2-4-9(5-3-8)17-18-10(13)19/h2-6,17H,1H3,(H,18,19)(H2,14,15,16,20). The van der Waals surface area contributed by atoms with Gasteiger partial charge in [-0.2, -0.15) is 0 Å². The fraction of sp³-hybridized carbons (Fsp3) is 0.0833. The number of nitrogens with zero attached hydrogens (tertiary/aromatic N) is 1. The van der Waals surface area contributed by atoms with Crippen molar-refractivity contribution in [3.8, 4) is 0 Å². The molecule has 0 saturated carbocycles. The Hall–Kier alpha value is -1.88. The summed E-state index contributed by atoms with van der Waals surface area (Å²) in [5.74, 6) is 0. The molecule has 0 bridgehead atoms. The molecule has 0 spiro atoms. The molecule has 1 aromatic carbocycles. The molecule has 0 fully saturated rings. The Morgan fingerprint density at radius 2 is 1.81 bits per heavy atom. The molecule has 7 nitrogen and oxygen atoms in total. The third kappa shape index (κ3) is 5.19. The molecule has 110 valence electrons. The van der Waals surface area contributed by atoms with E-state index >= 15 is 0 Å². The van der Waals surface area contributed by atoms with Crippen molar-refractivity contribution in [3.63, 3.8) is 0 Å². The van der Waals surface area contributed by atoms with Gasteiger partial charge in [0.05, 0.1) is 11.4 Å². The number of carbonyl (C=O) groups is 2. The number of thiazole rings is 1. The fourth-order valence-electron chi connectivity index (χ4n) is 1.43. The van der Waals surface area contributed by atoms with Crippen LogP contribution in [0.3, 0.4) is 0 Å². The van der Waals surface area contributed by atoms with Crippen molar-refractivity contribution in [2.75, 3.05) is 16.1 Å². The molecule has 0 aliphatic carbocycles. The number of hydrogen-bond acceptors (Lipinski definition) is 5. The van der Waals surface area contributed by atoms with Crippen molar-refractivity contribution in [2.45, 2.75) is 6.92 Å². The van der Waals surface area contributed by atoms with E-state index in [1.165, 1.54) is 11.3 Å². The lowest BCUT2D eigenvalue weighted by Crippen LogP contribution is -2.23. The van der Waals surface area contributed by atoms with Crippen molar-refractivity contribution in [1.82, 2.24) is 10.4 Å². The number of nitrogens with one attached hydrogen (secondary N) is 4. The highest BCUT2D eigenvalue weighted by molar-refractivity contribution is 14.1. The number of hydrogen-bond donors (Lipinski definition) is 4. The maximum Gasteiger partial charge on any atom is 0.325 e. The molecule has 1 aromatic heterocycles. The summed E-state index contributed by atoms with van der Waals surface area (Å²) in [5.41, 5.74) is 7.38. The maximum atomic E-state index is 11.8. The van der Waals surface area contributed by atoms with E-state index in [1.54, 1.807) is 46.9 Å². The van der Waals surface area contributed by atoms with Gasteiger partial charge < -0.3 is 5.32 Å². The highest BCUT2D eigenvalue weighted by Crippen LogP contribution is 2.16. The van der Waals surface area contributed by atoms with Crippen LogP contribution in [0.4, 0.5) is 26.1 Å². The molecule has 2 aromatic rings. The number of aromatic nitrogens is 1. The topological polar surface area (TPSA) is 95.1 Å². The third-order valence-electron chi connectivity index (χ3n) is 2.29. The molecule has 1 heterocycles. The minimum atomic E-state index is -0.356. The van der Waals surface area contributed by atoms with Gasteiger partial charge in [-0.05, 0) is 31.2 Å². The first-order valence-corrected chi connectivity index (χ1v) is 7.80. The van der Waals surface area contributed by atoms with Crippen LogP contribution < -0.4 is 21.5 Å². The Morgan fingerprint density at radius 1 is 1.14 bits per heavy atom. The predicted molar refractivity (Wildman–Crippen MR) is 92.1 cm³/mol. The lowest BCUT2D eigenvalue weighted by atomic mass is 10.3. The number of halogens is 1. The summed E-state index contributed by atoms with van der Waals surface area (Å²) in [4.78, 5) is 26.7. The molecule has 0 radical (unpaired) electrons. The summed E-state index contributed by atoms with van der Waals surface area (Å²) in [6, 6.07) is 6.54. The summed E-state index contributed by atoms with van der Waals surface area (Å²) in [7, 11) is 0. The lowest BCUT2D eigenvalue weighted by molar-refractivity contribution is 0.262. The van der Waals surface area contributed by atoms with Crippen molar-refractivity contribution in [2.24, 2.45) is 0 Å².